The Morgan fingerprint density at radius 1 is 1.29 bits per heavy atom. The summed E-state index contributed by atoms with van der Waals surface area (Å²) in [5, 5.41) is 15.6. The largest absolute Gasteiger partial charge is 0.481 e. The van der Waals surface area contributed by atoms with E-state index < -0.39 is 29.3 Å². The number of amides is 2. The maximum absolute atomic E-state index is 13.9. The minimum atomic E-state index is -0.975. The van der Waals surface area contributed by atoms with E-state index in [-0.39, 0.29) is 35.6 Å². The number of halogens is 2. The number of aliphatic imine (C=N–C) groups is 1. The van der Waals surface area contributed by atoms with E-state index in [1.165, 1.54) is 36.6 Å². The van der Waals surface area contributed by atoms with Crippen molar-refractivity contribution in [1.82, 2.24) is 25.0 Å². The van der Waals surface area contributed by atoms with Crippen molar-refractivity contribution in [3.8, 4) is 0 Å². The Morgan fingerprint density at radius 3 is 2.76 bits per heavy atom. The number of carboxylic acids is 1. The van der Waals surface area contributed by atoms with Crippen LogP contribution in [0.3, 0.4) is 0 Å². The lowest BCUT2D eigenvalue weighted by molar-refractivity contribution is -0.140. The SMILES string of the molecule is COC(=O)C1=C(CN2CCN3C(=O)N(C4CC4)C[C@]3(CC(=O)O)C2)NC(c2nccs2)=N[C@H]1c1ccc(F)cc1Cl. The van der Waals surface area contributed by atoms with Crippen LogP contribution in [0.2, 0.25) is 5.02 Å². The highest BCUT2D eigenvalue weighted by Crippen LogP contribution is 2.41. The van der Waals surface area contributed by atoms with E-state index in [4.69, 9.17) is 21.3 Å². The topological polar surface area (TPSA) is 128 Å². The maximum atomic E-state index is 13.9. The molecule has 2 amide bonds. The van der Waals surface area contributed by atoms with Gasteiger partial charge in [0, 0.05) is 66.6 Å². The molecule has 0 spiro atoms. The lowest BCUT2D eigenvalue weighted by Crippen LogP contribution is -2.62. The molecule has 4 aliphatic rings. The predicted molar refractivity (Wildman–Crippen MR) is 148 cm³/mol. The second-order valence-corrected chi connectivity index (χ2v) is 12.0. The fourth-order valence-electron chi connectivity index (χ4n) is 6.02. The van der Waals surface area contributed by atoms with Crippen molar-refractivity contribution in [1.29, 1.82) is 0 Å². The molecule has 2 saturated heterocycles. The lowest BCUT2D eigenvalue weighted by Gasteiger charge is -2.45. The van der Waals surface area contributed by atoms with Gasteiger partial charge in [-0.1, -0.05) is 17.7 Å². The van der Waals surface area contributed by atoms with E-state index in [2.05, 4.69) is 10.3 Å². The van der Waals surface area contributed by atoms with E-state index in [9.17, 15) is 23.9 Å². The molecule has 6 rings (SSSR count). The molecule has 0 bridgehead atoms. The normalized spacial score (nSPS) is 24.7. The number of hydrogen-bond donors (Lipinski definition) is 2. The van der Waals surface area contributed by atoms with Gasteiger partial charge in [-0.05, 0) is 25.0 Å². The number of nitrogens with one attached hydrogen (secondary N) is 1. The van der Waals surface area contributed by atoms with Crippen molar-refractivity contribution in [3.05, 3.63) is 62.5 Å². The number of hydrogen-bond acceptors (Lipinski definition) is 9. The van der Waals surface area contributed by atoms with Crippen molar-refractivity contribution < 1.29 is 28.6 Å². The molecule has 1 aromatic heterocycles. The number of rotatable bonds is 8. The van der Waals surface area contributed by atoms with Crippen LogP contribution >= 0.6 is 22.9 Å². The van der Waals surface area contributed by atoms with Crippen molar-refractivity contribution in [2.75, 3.05) is 39.8 Å². The highest BCUT2D eigenvalue weighted by molar-refractivity contribution is 7.11. The third-order valence-corrected chi connectivity index (χ3v) is 9.05. The first-order chi connectivity index (χ1) is 19.7. The fraction of sp³-hybridized carbons (Fsp3) is 0.444. The van der Waals surface area contributed by atoms with Gasteiger partial charge in [0.05, 0.1) is 24.6 Å². The van der Waals surface area contributed by atoms with Gasteiger partial charge in [-0.3, -0.25) is 14.7 Å². The van der Waals surface area contributed by atoms with Crippen LogP contribution in [0.5, 0.6) is 0 Å². The van der Waals surface area contributed by atoms with Crippen molar-refractivity contribution >= 4 is 46.7 Å². The molecule has 4 heterocycles. The van der Waals surface area contributed by atoms with Gasteiger partial charge in [0.15, 0.2) is 10.8 Å². The van der Waals surface area contributed by atoms with E-state index in [1.807, 2.05) is 9.80 Å². The number of esters is 1. The summed E-state index contributed by atoms with van der Waals surface area (Å²) >= 11 is 7.81. The van der Waals surface area contributed by atoms with Crippen LogP contribution < -0.4 is 5.32 Å². The summed E-state index contributed by atoms with van der Waals surface area (Å²) in [6.45, 7) is 1.69. The number of benzene rings is 1. The third-order valence-electron chi connectivity index (χ3n) is 7.94. The average molecular weight is 603 g/mol. The van der Waals surface area contributed by atoms with Crippen LogP contribution in [-0.2, 0) is 14.3 Å². The van der Waals surface area contributed by atoms with Gasteiger partial charge in [0.1, 0.15) is 11.9 Å². The Bertz CT molecular complexity index is 1460. The van der Waals surface area contributed by atoms with E-state index >= 15 is 0 Å². The van der Waals surface area contributed by atoms with Gasteiger partial charge >= 0.3 is 18.0 Å². The van der Waals surface area contributed by atoms with E-state index in [1.54, 1.807) is 16.5 Å². The number of aromatic nitrogens is 1. The summed E-state index contributed by atoms with van der Waals surface area (Å²) in [7, 11) is 1.27. The van der Waals surface area contributed by atoms with Crippen molar-refractivity contribution in [2.45, 2.75) is 36.9 Å². The second-order valence-electron chi connectivity index (χ2n) is 10.7. The molecule has 0 unspecified atom stereocenters. The molecule has 2 atom stereocenters. The van der Waals surface area contributed by atoms with Gasteiger partial charge in [-0.25, -0.2) is 19.0 Å². The molecule has 1 aliphatic carbocycles. The molecule has 3 fully saturated rings. The third kappa shape index (κ3) is 5.17. The molecule has 1 aromatic carbocycles. The number of piperazine rings is 1. The van der Waals surface area contributed by atoms with E-state index in [0.717, 1.165) is 12.8 Å². The molecule has 14 heteroatoms. The number of aliphatic carboxylic acids is 1. The Kier molecular flexibility index (Phi) is 7.20. The Balaban J connectivity index is 1.37. The number of thiazole rings is 1. The first-order valence-corrected chi connectivity index (χ1v) is 14.5. The Morgan fingerprint density at radius 2 is 2.10 bits per heavy atom. The molecule has 2 aromatic rings. The zero-order valence-electron chi connectivity index (χ0n) is 22.2. The predicted octanol–water partition coefficient (Wildman–Crippen LogP) is 2.88. The van der Waals surface area contributed by atoms with Crippen molar-refractivity contribution in [3.63, 3.8) is 0 Å². The highest BCUT2D eigenvalue weighted by atomic mass is 35.5. The molecule has 11 nitrogen and oxygen atoms in total. The van der Waals surface area contributed by atoms with E-state index in [0.29, 0.717) is 48.3 Å². The van der Waals surface area contributed by atoms with Gasteiger partial charge in [0.2, 0.25) is 0 Å². The summed E-state index contributed by atoms with van der Waals surface area (Å²) in [5.74, 6) is -1.71. The number of ether oxygens (including phenoxy) is 1. The Hall–Kier alpha value is -3.55. The van der Waals surface area contributed by atoms with Gasteiger partial charge in [-0.15, -0.1) is 11.3 Å². The van der Waals surface area contributed by atoms with Gasteiger partial charge in [-0.2, -0.15) is 0 Å². The Labute approximate surface area is 244 Å². The number of urea groups is 1. The summed E-state index contributed by atoms with van der Waals surface area (Å²) in [6.07, 6.45) is 3.31. The molecule has 1 saturated carbocycles. The van der Waals surface area contributed by atoms with Crippen LogP contribution in [0.4, 0.5) is 9.18 Å². The summed E-state index contributed by atoms with van der Waals surface area (Å²) in [5.41, 5.74) is 0.231. The fourth-order valence-corrected chi connectivity index (χ4v) is 6.88. The number of carbonyl (C=O) groups excluding carboxylic acids is 2. The average Bonchev–Trinajstić information content (AvgIpc) is 3.54. The standard InChI is InChI=1S/C27H28ClFN6O5S/c1-40-25(38)21-19(31-23(24-30-6-9-41-24)32-22(21)17-5-2-15(29)10-18(17)28)12-33-7-8-35-26(39)34(16-3-4-16)14-27(35,13-33)11-20(36)37/h2,5-6,9-10,16,22H,3-4,7-8,11-14H2,1H3,(H,31,32)(H,36,37)/t22-,27-/m0/s1. The number of amidine groups is 1. The first-order valence-electron chi connectivity index (χ1n) is 13.2. The zero-order valence-corrected chi connectivity index (χ0v) is 23.8. The van der Waals surface area contributed by atoms with Crippen LogP contribution in [0, 0.1) is 5.82 Å². The number of fused-ring (bicyclic) bond motifs is 1. The summed E-state index contributed by atoms with van der Waals surface area (Å²) < 4.78 is 19.1. The number of nitrogens with zero attached hydrogens (tertiary/aromatic N) is 5. The molecule has 216 valence electrons. The minimum absolute atomic E-state index is 0.108. The summed E-state index contributed by atoms with van der Waals surface area (Å²) in [4.78, 5) is 53.2. The van der Waals surface area contributed by atoms with Crippen molar-refractivity contribution in [2.24, 2.45) is 4.99 Å². The molecular formula is C27H28ClFN6O5S. The molecule has 3 aliphatic heterocycles. The number of methoxy groups -OCH3 is 1. The monoisotopic (exact) mass is 602 g/mol. The quantitative estimate of drug-likeness (QED) is 0.442. The maximum Gasteiger partial charge on any atom is 0.338 e. The van der Waals surface area contributed by atoms with Crippen LogP contribution in [0.25, 0.3) is 0 Å². The minimum Gasteiger partial charge on any atom is -0.481 e. The molecule has 41 heavy (non-hydrogen) atoms. The second kappa shape index (κ2) is 10.7. The first kappa shape index (κ1) is 27.6. The smallest absolute Gasteiger partial charge is 0.338 e. The molecule has 0 radical (unpaired) electrons. The van der Waals surface area contributed by atoms with Crippen LogP contribution in [0.15, 0.2) is 46.0 Å². The van der Waals surface area contributed by atoms with Crippen LogP contribution in [0.1, 0.15) is 35.9 Å². The summed E-state index contributed by atoms with van der Waals surface area (Å²) in [6, 6.07) is 3.08. The van der Waals surface area contributed by atoms with Gasteiger partial charge < -0.3 is 25.0 Å². The number of carboxylic acid groups (broad SMARTS) is 1. The lowest BCUT2D eigenvalue weighted by atomic mass is 9.90. The number of carbonyl (C=O) groups is 3. The molecule has 2 N–H and O–H groups in total. The van der Waals surface area contributed by atoms with Crippen LogP contribution in [-0.4, -0.2) is 100 Å². The van der Waals surface area contributed by atoms with Gasteiger partial charge in [0.25, 0.3) is 0 Å². The highest BCUT2D eigenvalue weighted by Gasteiger charge is 2.56. The zero-order chi connectivity index (χ0) is 28.9. The molecular weight excluding hydrogens is 575 g/mol.